The van der Waals surface area contributed by atoms with Crippen molar-refractivity contribution < 1.29 is 4.39 Å². The van der Waals surface area contributed by atoms with Crippen LogP contribution < -0.4 is 0 Å². The lowest BCUT2D eigenvalue weighted by molar-refractivity contribution is 0.313. The van der Waals surface area contributed by atoms with Crippen molar-refractivity contribution in [1.82, 2.24) is 4.90 Å². The molecule has 20 heavy (non-hydrogen) atoms. The molecule has 0 saturated heterocycles. The Morgan fingerprint density at radius 3 is 2.50 bits per heavy atom. The zero-order chi connectivity index (χ0) is 14.5. The van der Waals surface area contributed by atoms with E-state index in [2.05, 4.69) is 15.9 Å². The minimum Gasteiger partial charge on any atom is -0.298 e. The second-order valence-corrected chi connectivity index (χ2v) is 5.63. The largest absolute Gasteiger partial charge is 0.298 e. The van der Waals surface area contributed by atoms with Gasteiger partial charge in [0.05, 0.1) is 11.6 Å². The molecule has 0 radical (unpaired) electrons. The molecule has 2 nitrogen and oxygen atoms in total. The van der Waals surface area contributed by atoms with Crippen LogP contribution >= 0.6 is 15.9 Å². The predicted octanol–water partition coefficient (Wildman–Crippen LogP) is 4.09. The van der Waals surface area contributed by atoms with E-state index >= 15 is 0 Å². The summed E-state index contributed by atoms with van der Waals surface area (Å²) < 4.78 is 14.8. The average Bonchev–Trinajstić information content (AvgIpc) is 2.44. The molecule has 2 aromatic carbocycles. The molecule has 0 aliphatic carbocycles. The van der Waals surface area contributed by atoms with E-state index in [9.17, 15) is 4.39 Å². The van der Waals surface area contributed by atoms with E-state index in [1.165, 1.54) is 12.1 Å². The number of benzene rings is 2. The van der Waals surface area contributed by atoms with Gasteiger partial charge in [0.1, 0.15) is 5.82 Å². The number of hydrogen-bond donors (Lipinski definition) is 0. The third-order valence-electron chi connectivity index (χ3n) is 2.98. The summed E-state index contributed by atoms with van der Waals surface area (Å²) in [6.07, 6.45) is 0. The van der Waals surface area contributed by atoms with Crippen molar-refractivity contribution in [2.45, 2.75) is 13.1 Å². The summed E-state index contributed by atoms with van der Waals surface area (Å²) in [6, 6.07) is 14.5. The standard InChI is InChI=1S/C16H14BrFN2/c1-20(10-12-2-5-15(17)6-3-12)11-14-8-13(9-19)4-7-16(14)18/h2-8H,10-11H2,1H3. The van der Waals surface area contributed by atoms with Crippen LogP contribution in [0.3, 0.4) is 0 Å². The van der Waals surface area contributed by atoms with Gasteiger partial charge in [0.2, 0.25) is 0 Å². The molecule has 2 aromatic rings. The summed E-state index contributed by atoms with van der Waals surface area (Å²) in [5.41, 5.74) is 2.19. The molecule has 0 atom stereocenters. The summed E-state index contributed by atoms with van der Waals surface area (Å²) in [6.45, 7) is 1.20. The van der Waals surface area contributed by atoms with Crippen molar-refractivity contribution >= 4 is 15.9 Å². The molecule has 0 bridgehead atoms. The normalized spacial score (nSPS) is 10.6. The Balaban J connectivity index is 2.06. The second kappa shape index (κ2) is 6.65. The Labute approximate surface area is 126 Å². The van der Waals surface area contributed by atoms with Gasteiger partial charge in [0.15, 0.2) is 0 Å². The predicted molar refractivity (Wildman–Crippen MR) is 80.4 cm³/mol. The van der Waals surface area contributed by atoms with E-state index in [4.69, 9.17) is 5.26 Å². The van der Waals surface area contributed by atoms with Crippen LogP contribution in [0.1, 0.15) is 16.7 Å². The first kappa shape index (κ1) is 14.7. The third-order valence-corrected chi connectivity index (χ3v) is 3.51. The lowest BCUT2D eigenvalue weighted by Gasteiger charge is -2.17. The zero-order valence-electron chi connectivity index (χ0n) is 11.1. The summed E-state index contributed by atoms with van der Waals surface area (Å²) in [4.78, 5) is 2.02. The van der Waals surface area contributed by atoms with Crippen LogP contribution in [-0.4, -0.2) is 11.9 Å². The van der Waals surface area contributed by atoms with Gasteiger partial charge in [-0.15, -0.1) is 0 Å². The number of nitrogens with zero attached hydrogens (tertiary/aromatic N) is 2. The fourth-order valence-electron chi connectivity index (χ4n) is 2.01. The van der Waals surface area contributed by atoms with Crippen molar-refractivity contribution in [3.63, 3.8) is 0 Å². The summed E-state index contributed by atoms with van der Waals surface area (Å²) in [5, 5.41) is 8.86. The molecule has 4 heteroatoms. The van der Waals surface area contributed by atoms with Crippen LogP contribution in [0.25, 0.3) is 0 Å². The van der Waals surface area contributed by atoms with Crippen LogP contribution in [0.4, 0.5) is 4.39 Å². The SMILES string of the molecule is CN(Cc1ccc(Br)cc1)Cc1cc(C#N)ccc1F. The lowest BCUT2D eigenvalue weighted by atomic mass is 10.1. The second-order valence-electron chi connectivity index (χ2n) is 4.72. The zero-order valence-corrected chi connectivity index (χ0v) is 12.7. The molecule has 0 unspecified atom stereocenters. The fraction of sp³-hybridized carbons (Fsp3) is 0.188. The quantitative estimate of drug-likeness (QED) is 0.843. The van der Waals surface area contributed by atoms with Gasteiger partial charge >= 0.3 is 0 Å². The minimum atomic E-state index is -0.272. The van der Waals surface area contributed by atoms with Gasteiger partial charge in [-0.2, -0.15) is 5.26 Å². The van der Waals surface area contributed by atoms with Crippen LogP contribution in [0.5, 0.6) is 0 Å². The molecule has 0 fully saturated rings. The number of halogens is 2. The lowest BCUT2D eigenvalue weighted by Crippen LogP contribution is -2.18. The van der Waals surface area contributed by atoms with E-state index < -0.39 is 0 Å². The molecule has 0 aliphatic rings. The summed E-state index contributed by atoms with van der Waals surface area (Å²) in [5.74, 6) is -0.272. The van der Waals surface area contributed by atoms with Crippen LogP contribution in [0, 0.1) is 17.1 Å². The van der Waals surface area contributed by atoms with E-state index in [1.807, 2.05) is 42.3 Å². The molecule has 0 N–H and O–H groups in total. The number of rotatable bonds is 4. The van der Waals surface area contributed by atoms with Crippen molar-refractivity contribution in [1.29, 1.82) is 5.26 Å². The Morgan fingerprint density at radius 2 is 1.85 bits per heavy atom. The van der Waals surface area contributed by atoms with Crippen molar-refractivity contribution in [3.05, 3.63) is 69.4 Å². The van der Waals surface area contributed by atoms with Gasteiger partial charge in [-0.1, -0.05) is 28.1 Å². The van der Waals surface area contributed by atoms with Gasteiger partial charge in [0, 0.05) is 23.1 Å². The molecule has 0 amide bonds. The van der Waals surface area contributed by atoms with E-state index in [1.54, 1.807) is 6.07 Å². The maximum atomic E-state index is 13.7. The molecule has 102 valence electrons. The van der Waals surface area contributed by atoms with Gasteiger partial charge in [-0.25, -0.2) is 4.39 Å². The molecule has 0 aromatic heterocycles. The topological polar surface area (TPSA) is 27.0 Å². The smallest absolute Gasteiger partial charge is 0.127 e. The molecular formula is C16H14BrFN2. The van der Waals surface area contributed by atoms with Crippen LogP contribution in [0.15, 0.2) is 46.9 Å². The highest BCUT2D eigenvalue weighted by atomic mass is 79.9. The molecule has 0 spiro atoms. The van der Waals surface area contributed by atoms with Crippen LogP contribution in [-0.2, 0) is 13.1 Å². The van der Waals surface area contributed by atoms with E-state index in [-0.39, 0.29) is 5.82 Å². The van der Waals surface area contributed by atoms with Crippen molar-refractivity contribution in [2.24, 2.45) is 0 Å². The maximum Gasteiger partial charge on any atom is 0.127 e. The van der Waals surface area contributed by atoms with Gasteiger partial charge < -0.3 is 0 Å². The maximum absolute atomic E-state index is 13.7. The first-order chi connectivity index (χ1) is 9.58. The first-order valence-electron chi connectivity index (χ1n) is 6.20. The van der Waals surface area contributed by atoms with Gasteiger partial charge in [-0.3, -0.25) is 4.90 Å². The molecule has 0 aliphatic heterocycles. The Hall–Kier alpha value is -1.70. The van der Waals surface area contributed by atoms with Crippen LogP contribution in [0.2, 0.25) is 0 Å². The average molecular weight is 333 g/mol. The highest BCUT2D eigenvalue weighted by molar-refractivity contribution is 9.10. The number of nitriles is 1. The molecule has 2 rings (SSSR count). The van der Waals surface area contributed by atoms with Crippen molar-refractivity contribution in [3.8, 4) is 6.07 Å². The summed E-state index contributed by atoms with van der Waals surface area (Å²) in [7, 11) is 1.93. The fourth-order valence-corrected chi connectivity index (χ4v) is 2.28. The minimum absolute atomic E-state index is 0.272. The number of hydrogen-bond acceptors (Lipinski definition) is 2. The Bertz CT molecular complexity index is 632. The first-order valence-corrected chi connectivity index (χ1v) is 6.99. The monoisotopic (exact) mass is 332 g/mol. The molecule has 0 heterocycles. The van der Waals surface area contributed by atoms with Gasteiger partial charge in [0.25, 0.3) is 0 Å². The van der Waals surface area contributed by atoms with Crippen molar-refractivity contribution in [2.75, 3.05) is 7.05 Å². The molecular weight excluding hydrogens is 319 g/mol. The third kappa shape index (κ3) is 3.89. The Kier molecular flexibility index (Phi) is 4.89. The Morgan fingerprint density at radius 1 is 1.15 bits per heavy atom. The van der Waals surface area contributed by atoms with E-state index in [0.717, 1.165) is 16.6 Å². The highest BCUT2D eigenvalue weighted by Gasteiger charge is 2.07. The van der Waals surface area contributed by atoms with E-state index in [0.29, 0.717) is 17.7 Å². The summed E-state index contributed by atoms with van der Waals surface area (Å²) >= 11 is 3.40. The van der Waals surface area contributed by atoms with Gasteiger partial charge in [-0.05, 0) is 42.9 Å². The molecule has 0 saturated carbocycles. The highest BCUT2D eigenvalue weighted by Crippen LogP contribution is 2.15.